The van der Waals surface area contributed by atoms with E-state index in [1.54, 1.807) is 0 Å². The number of likely N-dealkylation sites (tertiary alicyclic amines) is 1. The molecule has 0 aromatic heterocycles. The van der Waals surface area contributed by atoms with E-state index in [-0.39, 0.29) is 6.09 Å². The lowest BCUT2D eigenvalue weighted by Gasteiger charge is -2.31. The first-order valence-electron chi connectivity index (χ1n) is 8.99. The molecule has 0 radical (unpaired) electrons. The van der Waals surface area contributed by atoms with Crippen LogP contribution in [0.5, 0.6) is 0 Å². The Morgan fingerprint density at radius 3 is 2.58 bits per heavy atom. The molecule has 1 N–H and O–H groups in total. The van der Waals surface area contributed by atoms with Gasteiger partial charge >= 0.3 is 6.09 Å². The van der Waals surface area contributed by atoms with Crippen molar-refractivity contribution in [2.24, 2.45) is 0 Å². The van der Waals surface area contributed by atoms with Crippen LogP contribution in [0.15, 0.2) is 30.3 Å². The molecular weight excluding hydrogens is 302 g/mol. The molecule has 1 aliphatic heterocycles. The Morgan fingerprint density at radius 2 is 1.92 bits per heavy atom. The molecule has 0 atom stereocenters. The summed E-state index contributed by atoms with van der Waals surface area (Å²) in [5.41, 5.74) is 1.03. The Balaban J connectivity index is 1.57. The Bertz CT molecular complexity index is 471. The summed E-state index contributed by atoms with van der Waals surface area (Å²) in [6.45, 7) is 4.13. The average Bonchev–Trinajstić information content (AvgIpc) is 2.60. The van der Waals surface area contributed by atoms with E-state index in [2.05, 4.69) is 24.3 Å². The first-order valence-corrected chi connectivity index (χ1v) is 8.99. The van der Waals surface area contributed by atoms with Gasteiger partial charge in [-0.1, -0.05) is 30.3 Å². The van der Waals surface area contributed by atoms with Crippen LogP contribution in [0.2, 0.25) is 0 Å². The molecule has 1 aromatic carbocycles. The van der Waals surface area contributed by atoms with E-state index < -0.39 is 0 Å². The zero-order chi connectivity index (χ0) is 17.2. The quantitative estimate of drug-likeness (QED) is 0.743. The van der Waals surface area contributed by atoms with Gasteiger partial charge < -0.3 is 19.9 Å². The lowest BCUT2D eigenvalue weighted by atomic mass is 10.1. The van der Waals surface area contributed by atoms with E-state index in [1.165, 1.54) is 12.8 Å². The minimum atomic E-state index is -0.191. The maximum absolute atomic E-state index is 12.1. The van der Waals surface area contributed by atoms with Crippen molar-refractivity contribution in [1.82, 2.24) is 15.1 Å². The molecule has 0 unspecified atom stereocenters. The lowest BCUT2D eigenvalue weighted by Crippen LogP contribution is -2.45. The zero-order valence-corrected chi connectivity index (χ0v) is 15.0. The van der Waals surface area contributed by atoms with Crippen LogP contribution >= 0.6 is 0 Å². The fourth-order valence-electron chi connectivity index (χ4n) is 2.94. The summed E-state index contributed by atoms with van der Waals surface area (Å²) in [7, 11) is 4.22. The van der Waals surface area contributed by atoms with Gasteiger partial charge in [0.2, 0.25) is 0 Å². The highest BCUT2D eigenvalue weighted by molar-refractivity contribution is 5.67. The molecular formula is C19H31N3O2. The third kappa shape index (κ3) is 6.89. The average molecular weight is 333 g/mol. The van der Waals surface area contributed by atoms with Crippen molar-refractivity contribution in [2.75, 3.05) is 40.3 Å². The van der Waals surface area contributed by atoms with E-state index in [0.29, 0.717) is 12.6 Å². The van der Waals surface area contributed by atoms with Gasteiger partial charge in [-0.3, -0.25) is 0 Å². The molecule has 1 aromatic rings. The predicted molar refractivity (Wildman–Crippen MR) is 97.0 cm³/mol. The van der Waals surface area contributed by atoms with Gasteiger partial charge in [0.15, 0.2) is 0 Å². The van der Waals surface area contributed by atoms with Crippen LogP contribution in [0.4, 0.5) is 4.79 Å². The molecule has 0 bridgehead atoms. The van der Waals surface area contributed by atoms with Crippen LogP contribution in [0, 0.1) is 0 Å². The number of ether oxygens (including phenoxy) is 1. The van der Waals surface area contributed by atoms with Gasteiger partial charge in [0.1, 0.15) is 6.61 Å². The van der Waals surface area contributed by atoms with Crippen LogP contribution in [0.1, 0.15) is 31.2 Å². The van der Waals surface area contributed by atoms with Crippen molar-refractivity contribution in [3.63, 3.8) is 0 Å². The number of carbonyl (C=O) groups is 1. The van der Waals surface area contributed by atoms with Crippen molar-refractivity contribution < 1.29 is 9.53 Å². The highest BCUT2D eigenvalue weighted by atomic mass is 16.6. The normalized spacial score (nSPS) is 15.7. The molecule has 2 rings (SSSR count). The van der Waals surface area contributed by atoms with Gasteiger partial charge in [0.05, 0.1) is 0 Å². The van der Waals surface area contributed by atoms with E-state index in [9.17, 15) is 4.79 Å². The standard InChI is InChI=1S/C19H31N3O2/c1-21(2)13-7-6-12-20-18-10-14-22(15-11-18)19(23)24-16-17-8-4-3-5-9-17/h3-5,8-9,18,20H,6-7,10-16H2,1-2H3. The molecule has 1 heterocycles. The summed E-state index contributed by atoms with van der Waals surface area (Å²) in [6.07, 6.45) is 4.26. The molecule has 1 aliphatic rings. The number of unbranched alkanes of at least 4 members (excludes halogenated alkanes) is 1. The Kier molecular flexibility index (Phi) is 8.05. The molecule has 0 spiro atoms. The van der Waals surface area contributed by atoms with Gasteiger partial charge in [0, 0.05) is 19.1 Å². The number of carbonyl (C=O) groups excluding carboxylic acids is 1. The Morgan fingerprint density at radius 1 is 1.21 bits per heavy atom. The van der Waals surface area contributed by atoms with Gasteiger partial charge in [0.25, 0.3) is 0 Å². The van der Waals surface area contributed by atoms with Gasteiger partial charge in [-0.05, 0) is 58.4 Å². The molecule has 0 aliphatic carbocycles. The second-order valence-corrected chi connectivity index (χ2v) is 6.77. The number of nitrogens with zero attached hydrogens (tertiary/aromatic N) is 2. The maximum atomic E-state index is 12.1. The van der Waals surface area contributed by atoms with Crippen molar-refractivity contribution in [2.45, 2.75) is 38.3 Å². The van der Waals surface area contributed by atoms with Crippen LogP contribution in [-0.2, 0) is 11.3 Å². The van der Waals surface area contributed by atoms with Crippen LogP contribution < -0.4 is 5.32 Å². The summed E-state index contributed by atoms with van der Waals surface area (Å²) in [6, 6.07) is 10.4. The smallest absolute Gasteiger partial charge is 0.410 e. The minimum Gasteiger partial charge on any atom is -0.445 e. The monoisotopic (exact) mass is 333 g/mol. The van der Waals surface area contributed by atoms with Crippen molar-refractivity contribution in [3.05, 3.63) is 35.9 Å². The predicted octanol–water partition coefficient (Wildman–Crippen LogP) is 2.72. The zero-order valence-electron chi connectivity index (χ0n) is 15.0. The number of nitrogens with one attached hydrogen (secondary N) is 1. The number of amides is 1. The third-order valence-corrected chi connectivity index (χ3v) is 4.42. The second-order valence-electron chi connectivity index (χ2n) is 6.77. The van der Waals surface area contributed by atoms with Gasteiger partial charge in [-0.15, -0.1) is 0 Å². The molecule has 5 heteroatoms. The molecule has 1 saturated heterocycles. The summed E-state index contributed by atoms with van der Waals surface area (Å²) in [4.78, 5) is 16.2. The van der Waals surface area contributed by atoms with E-state index >= 15 is 0 Å². The van der Waals surface area contributed by atoms with E-state index in [0.717, 1.165) is 44.6 Å². The SMILES string of the molecule is CN(C)CCCCNC1CCN(C(=O)OCc2ccccc2)CC1. The summed E-state index contributed by atoms with van der Waals surface area (Å²) in [5, 5.41) is 3.62. The number of hydrogen-bond acceptors (Lipinski definition) is 4. The fraction of sp³-hybridized carbons (Fsp3) is 0.632. The highest BCUT2D eigenvalue weighted by Crippen LogP contribution is 2.12. The van der Waals surface area contributed by atoms with Crippen LogP contribution in [-0.4, -0.2) is 62.2 Å². The topological polar surface area (TPSA) is 44.8 Å². The third-order valence-electron chi connectivity index (χ3n) is 4.42. The number of hydrogen-bond donors (Lipinski definition) is 1. The Labute approximate surface area is 146 Å². The molecule has 1 fully saturated rings. The summed E-state index contributed by atoms with van der Waals surface area (Å²) < 4.78 is 5.40. The highest BCUT2D eigenvalue weighted by Gasteiger charge is 2.23. The molecule has 5 nitrogen and oxygen atoms in total. The molecule has 0 saturated carbocycles. The number of benzene rings is 1. The fourth-order valence-corrected chi connectivity index (χ4v) is 2.94. The van der Waals surface area contributed by atoms with Gasteiger partial charge in [-0.2, -0.15) is 0 Å². The molecule has 1 amide bonds. The van der Waals surface area contributed by atoms with Crippen molar-refractivity contribution in [3.8, 4) is 0 Å². The second kappa shape index (κ2) is 10.3. The summed E-state index contributed by atoms with van der Waals surface area (Å²) in [5.74, 6) is 0. The first-order chi connectivity index (χ1) is 11.6. The summed E-state index contributed by atoms with van der Waals surface area (Å²) >= 11 is 0. The van der Waals surface area contributed by atoms with Crippen LogP contribution in [0.25, 0.3) is 0 Å². The van der Waals surface area contributed by atoms with Gasteiger partial charge in [-0.25, -0.2) is 4.79 Å². The maximum Gasteiger partial charge on any atom is 0.410 e. The molecule has 134 valence electrons. The largest absolute Gasteiger partial charge is 0.445 e. The van der Waals surface area contributed by atoms with Crippen LogP contribution in [0.3, 0.4) is 0 Å². The van der Waals surface area contributed by atoms with Crippen molar-refractivity contribution in [1.29, 1.82) is 0 Å². The molecule has 24 heavy (non-hydrogen) atoms. The van der Waals surface area contributed by atoms with E-state index in [4.69, 9.17) is 4.74 Å². The number of rotatable bonds is 8. The van der Waals surface area contributed by atoms with Crippen molar-refractivity contribution >= 4 is 6.09 Å². The number of piperidine rings is 1. The Hall–Kier alpha value is -1.59. The minimum absolute atomic E-state index is 0.191. The lowest BCUT2D eigenvalue weighted by molar-refractivity contribution is 0.0853. The first kappa shape index (κ1) is 18.7. The van der Waals surface area contributed by atoms with E-state index in [1.807, 2.05) is 35.2 Å².